The Morgan fingerprint density at radius 3 is 2.69 bits per heavy atom. The van der Waals surface area contributed by atoms with Gasteiger partial charge in [0.05, 0.1) is 0 Å². The van der Waals surface area contributed by atoms with Crippen molar-refractivity contribution in [3.05, 3.63) is 0 Å². The Morgan fingerprint density at radius 1 is 1.50 bits per heavy atom. The van der Waals surface area contributed by atoms with Crippen LogP contribution in [0.2, 0.25) is 0 Å². The maximum atomic E-state index is 11.6. The second kappa shape index (κ2) is 4.44. The summed E-state index contributed by atoms with van der Waals surface area (Å²) < 4.78 is 0. The second-order valence-corrected chi connectivity index (χ2v) is 5.23. The molecule has 1 saturated carbocycles. The van der Waals surface area contributed by atoms with E-state index < -0.39 is 0 Å². The summed E-state index contributed by atoms with van der Waals surface area (Å²) in [5, 5.41) is 2.95. The van der Waals surface area contributed by atoms with Gasteiger partial charge in [-0.2, -0.15) is 0 Å². The molecule has 2 fully saturated rings. The van der Waals surface area contributed by atoms with Gasteiger partial charge in [0.25, 0.3) is 0 Å². The highest BCUT2D eigenvalue weighted by atomic mass is 16.2. The van der Waals surface area contributed by atoms with Gasteiger partial charge in [0.15, 0.2) is 0 Å². The van der Waals surface area contributed by atoms with E-state index in [1.807, 2.05) is 18.7 Å². The van der Waals surface area contributed by atoms with Gasteiger partial charge in [0, 0.05) is 37.4 Å². The predicted octanol–water partition coefficient (Wildman–Crippen LogP) is 0.769. The van der Waals surface area contributed by atoms with Gasteiger partial charge in [-0.25, -0.2) is 0 Å². The minimum Gasteiger partial charge on any atom is -0.356 e. The summed E-state index contributed by atoms with van der Waals surface area (Å²) in [6.07, 6.45) is 2.66. The predicted molar refractivity (Wildman–Crippen MR) is 60.7 cm³/mol. The van der Waals surface area contributed by atoms with Crippen molar-refractivity contribution in [3.63, 3.8) is 0 Å². The molecule has 1 atom stereocenters. The number of likely N-dealkylation sites (tertiary alicyclic amines) is 1. The summed E-state index contributed by atoms with van der Waals surface area (Å²) in [6.45, 7) is 5.51. The normalized spacial score (nSPS) is 25.3. The van der Waals surface area contributed by atoms with E-state index in [0.29, 0.717) is 18.9 Å². The molecule has 1 heterocycles. The molecule has 90 valence electrons. The molecule has 0 aromatic heterocycles. The molecule has 1 unspecified atom stereocenters. The van der Waals surface area contributed by atoms with E-state index in [9.17, 15) is 9.59 Å². The SMILES string of the molecule is CC(C)N1CC(CNC(=O)C2CC2)CC1=O. The van der Waals surface area contributed by atoms with Crippen LogP contribution in [0.15, 0.2) is 0 Å². The lowest BCUT2D eigenvalue weighted by atomic mass is 10.1. The molecule has 0 aromatic carbocycles. The van der Waals surface area contributed by atoms with Gasteiger partial charge in [-0.1, -0.05) is 0 Å². The van der Waals surface area contributed by atoms with Gasteiger partial charge in [-0.15, -0.1) is 0 Å². The Labute approximate surface area is 96.4 Å². The van der Waals surface area contributed by atoms with Crippen molar-refractivity contribution in [2.24, 2.45) is 11.8 Å². The number of carbonyl (C=O) groups excluding carboxylic acids is 2. The summed E-state index contributed by atoms with van der Waals surface area (Å²) in [6, 6.07) is 0.275. The Balaban J connectivity index is 1.75. The number of nitrogens with one attached hydrogen (secondary N) is 1. The number of hydrogen-bond acceptors (Lipinski definition) is 2. The smallest absolute Gasteiger partial charge is 0.223 e. The first-order valence-corrected chi connectivity index (χ1v) is 6.15. The summed E-state index contributed by atoms with van der Waals surface area (Å²) >= 11 is 0. The van der Waals surface area contributed by atoms with Crippen LogP contribution in [0.25, 0.3) is 0 Å². The molecule has 1 saturated heterocycles. The first-order valence-electron chi connectivity index (χ1n) is 6.15. The quantitative estimate of drug-likeness (QED) is 0.766. The van der Waals surface area contributed by atoms with Crippen LogP contribution in [-0.4, -0.2) is 35.8 Å². The van der Waals surface area contributed by atoms with Crippen molar-refractivity contribution in [1.82, 2.24) is 10.2 Å². The highest BCUT2D eigenvalue weighted by Crippen LogP contribution is 2.29. The number of nitrogens with zero attached hydrogens (tertiary/aromatic N) is 1. The van der Waals surface area contributed by atoms with Crippen molar-refractivity contribution in [3.8, 4) is 0 Å². The summed E-state index contributed by atoms with van der Waals surface area (Å²) in [7, 11) is 0. The molecule has 0 bridgehead atoms. The molecule has 4 nitrogen and oxygen atoms in total. The Hall–Kier alpha value is -1.06. The average Bonchev–Trinajstić information content (AvgIpc) is 2.99. The largest absolute Gasteiger partial charge is 0.356 e. The molecule has 1 aliphatic heterocycles. The van der Waals surface area contributed by atoms with E-state index in [1.165, 1.54) is 0 Å². The molecule has 2 amide bonds. The van der Waals surface area contributed by atoms with Crippen molar-refractivity contribution < 1.29 is 9.59 Å². The minimum atomic E-state index is 0.176. The second-order valence-electron chi connectivity index (χ2n) is 5.23. The maximum Gasteiger partial charge on any atom is 0.223 e. The summed E-state index contributed by atoms with van der Waals surface area (Å²) in [4.78, 5) is 25.0. The van der Waals surface area contributed by atoms with E-state index in [0.717, 1.165) is 19.4 Å². The lowest BCUT2D eigenvalue weighted by Crippen LogP contribution is -2.34. The molecule has 16 heavy (non-hydrogen) atoms. The van der Waals surface area contributed by atoms with Gasteiger partial charge in [-0.3, -0.25) is 9.59 Å². The van der Waals surface area contributed by atoms with Crippen LogP contribution in [0.4, 0.5) is 0 Å². The average molecular weight is 224 g/mol. The first-order chi connectivity index (χ1) is 7.58. The molecule has 1 aliphatic carbocycles. The molecular weight excluding hydrogens is 204 g/mol. The van der Waals surface area contributed by atoms with Gasteiger partial charge >= 0.3 is 0 Å². The number of rotatable bonds is 4. The standard InChI is InChI=1S/C12H20N2O2/c1-8(2)14-7-9(5-11(14)15)6-13-12(16)10-3-4-10/h8-10H,3-7H2,1-2H3,(H,13,16). The van der Waals surface area contributed by atoms with E-state index in [2.05, 4.69) is 5.32 Å². The zero-order valence-electron chi connectivity index (χ0n) is 10.0. The third kappa shape index (κ3) is 2.54. The molecule has 2 rings (SSSR count). The maximum absolute atomic E-state index is 11.6. The Morgan fingerprint density at radius 2 is 2.19 bits per heavy atom. The Kier molecular flexibility index (Phi) is 3.17. The third-order valence-corrected chi connectivity index (χ3v) is 3.37. The van der Waals surface area contributed by atoms with Crippen LogP contribution in [0.1, 0.15) is 33.1 Å². The highest BCUT2D eigenvalue weighted by molar-refractivity contribution is 5.81. The molecular formula is C12H20N2O2. The van der Waals surface area contributed by atoms with Crippen LogP contribution < -0.4 is 5.32 Å². The summed E-state index contributed by atoms with van der Waals surface area (Å²) in [5.74, 6) is 0.965. The minimum absolute atomic E-state index is 0.176. The first kappa shape index (κ1) is 11.4. The van der Waals surface area contributed by atoms with Crippen molar-refractivity contribution in [2.45, 2.75) is 39.2 Å². The number of carbonyl (C=O) groups is 2. The highest BCUT2D eigenvalue weighted by Gasteiger charge is 2.33. The fraction of sp³-hybridized carbons (Fsp3) is 0.833. The molecule has 4 heteroatoms. The Bertz CT molecular complexity index is 297. The topological polar surface area (TPSA) is 49.4 Å². The molecule has 2 aliphatic rings. The van der Waals surface area contributed by atoms with Crippen LogP contribution >= 0.6 is 0 Å². The van der Waals surface area contributed by atoms with E-state index in [-0.39, 0.29) is 23.8 Å². The van der Waals surface area contributed by atoms with E-state index in [4.69, 9.17) is 0 Å². The lowest BCUT2D eigenvalue weighted by Gasteiger charge is -2.21. The molecule has 0 aromatic rings. The number of amides is 2. The number of hydrogen-bond donors (Lipinski definition) is 1. The van der Waals surface area contributed by atoms with Crippen molar-refractivity contribution in [2.75, 3.05) is 13.1 Å². The van der Waals surface area contributed by atoms with Crippen molar-refractivity contribution in [1.29, 1.82) is 0 Å². The van der Waals surface area contributed by atoms with Crippen LogP contribution in [0.5, 0.6) is 0 Å². The zero-order chi connectivity index (χ0) is 11.7. The monoisotopic (exact) mass is 224 g/mol. The van der Waals surface area contributed by atoms with E-state index in [1.54, 1.807) is 0 Å². The fourth-order valence-corrected chi connectivity index (χ4v) is 2.18. The van der Waals surface area contributed by atoms with Gasteiger partial charge < -0.3 is 10.2 Å². The summed E-state index contributed by atoms with van der Waals surface area (Å²) in [5.41, 5.74) is 0. The van der Waals surface area contributed by atoms with E-state index >= 15 is 0 Å². The van der Waals surface area contributed by atoms with Gasteiger partial charge in [-0.05, 0) is 26.7 Å². The van der Waals surface area contributed by atoms with Crippen LogP contribution in [-0.2, 0) is 9.59 Å². The molecule has 0 radical (unpaired) electrons. The van der Waals surface area contributed by atoms with Crippen LogP contribution in [0.3, 0.4) is 0 Å². The van der Waals surface area contributed by atoms with Gasteiger partial charge in [0.1, 0.15) is 0 Å². The zero-order valence-corrected chi connectivity index (χ0v) is 10.0. The lowest BCUT2D eigenvalue weighted by molar-refractivity contribution is -0.129. The molecule has 1 N–H and O–H groups in total. The van der Waals surface area contributed by atoms with Crippen LogP contribution in [0, 0.1) is 11.8 Å². The third-order valence-electron chi connectivity index (χ3n) is 3.37. The van der Waals surface area contributed by atoms with Gasteiger partial charge in [0.2, 0.25) is 11.8 Å². The van der Waals surface area contributed by atoms with Crippen molar-refractivity contribution >= 4 is 11.8 Å². The molecule has 0 spiro atoms. The fourth-order valence-electron chi connectivity index (χ4n) is 2.18.